The Balaban J connectivity index is 2.06. The molecule has 10 heavy (non-hydrogen) atoms. The van der Waals surface area contributed by atoms with Crippen molar-refractivity contribution in [1.29, 1.82) is 0 Å². The highest BCUT2D eigenvalue weighted by Crippen LogP contribution is 2.31. The van der Waals surface area contributed by atoms with Crippen molar-refractivity contribution in [2.45, 2.75) is 24.6 Å². The largest absolute Gasteiger partial charge is 0.380 e. The van der Waals surface area contributed by atoms with Crippen molar-refractivity contribution in [3.63, 3.8) is 0 Å². The minimum atomic E-state index is 0.568. The van der Waals surface area contributed by atoms with Gasteiger partial charge in [-0.15, -0.1) is 11.8 Å². The molecule has 0 aromatic heterocycles. The van der Waals surface area contributed by atoms with E-state index < -0.39 is 0 Å². The van der Waals surface area contributed by atoms with Gasteiger partial charge in [0.05, 0.1) is 22.9 Å². The second-order valence-electron chi connectivity index (χ2n) is 2.74. The fourth-order valence-electron chi connectivity index (χ4n) is 1.44. The molecule has 2 rings (SSSR count). The monoisotopic (exact) mass is 157 g/mol. The molecule has 2 nitrogen and oxygen atoms in total. The van der Waals surface area contributed by atoms with Crippen molar-refractivity contribution in [3.8, 4) is 0 Å². The first-order valence-corrected chi connectivity index (χ1v) is 4.53. The molecule has 56 valence electrons. The zero-order valence-electron chi connectivity index (χ0n) is 6.04. The van der Waals surface area contributed by atoms with Crippen LogP contribution < -0.4 is 0 Å². The smallest absolute Gasteiger partial charge is 0.0675 e. The lowest BCUT2D eigenvalue weighted by molar-refractivity contribution is 0.0933. The highest BCUT2D eigenvalue weighted by molar-refractivity contribution is 8.14. The number of nitrogens with zero attached hydrogens (tertiary/aromatic N) is 1. The van der Waals surface area contributed by atoms with Gasteiger partial charge in [0.2, 0.25) is 0 Å². The maximum Gasteiger partial charge on any atom is 0.0675 e. The van der Waals surface area contributed by atoms with Gasteiger partial charge in [-0.1, -0.05) is 0 Å². The number of rotatable bonds is 0. The van der Waals surface area contributed by atoms with Crippen LogP contribution in [0.15, 0.2) is 4.99 Å². The predicted octanol–water partition coefficient (Wildman–Crippen LogP) is 1.31. The van der Waals surface area contributed by atoms with Gasteiger partial charge in [0.25, 0.3) is 0 Å². The van der Waals surface area contributed by atoms with Crippen LogP contribution in [0.5, 0.6) is 0 Å². The molecule has 0 saturated carbocycles. The number of aliphatic imine (C=N–C) groups is 1. The van der Waals surface area contributed by atoms with Gasteiger partial charge >= 0.3 is 0 Å². The van der Waals surface area contributed by atoms with Crippen LogP contribution in [-0.2, 0) is 4.74 Å². The molecule has 0 aromatic rings. The van der Waals surface area contributed by atoms with Crippen LogP contribution in [-0.4, -0.2) is 29.5 Å². The quantitative estimate of drug-likeness (QED) is 0.529. The van der Waals surface area contributed by atoms with Crippen LogP contribution >= 0.6 is 11.8 Å². The Bertz CT molecular complexity index is 169. The van der Waals surface area contributed by atoms with Crippen LogP contribution in [0.1, 0.15) is 13.3 Å². The summed E-state index contributed by atoms with van der Waals surface area (Å²) in [5.74, 6) is 0. The first kappa shape index (κ1) is 6.68. The molecule has 1 fully saturated rings. The molecule has 0 aromatic carbocycles. The normalized spacial score (nSPS) is 39.1. The lowest BCUT2D eigenvalue weighted by Crippen LogP contribution is -2.30. The Morgan fingerprint density at radius 2 is 2.60 bits per heavy atom. The second kappa shape index (κ2) is 2.55. The Kier molecular flexibility index (Phi) is 1.70. The van der Waals surface area contributed by atoms with E-state index in [9.17, 15) is 0 Å². The molecule has 3 heteroatoms. The average molecular weight is 157 g/mol. The van der Waals surface area contributed by atoms with E-state index >= 15 is 0 Å². The van der Waals surface area contributed by atoms with E-state index in [2.05, 4.69) is 11.9 Å². The zero-order valence-corrected chi connectivity index (χ0v) is 6.86. The maximum atomic E-state index is 5.34. The highest BCUT2D eigenvalue weighted by Gasteiger charge is 2.30. The molecular weight excluding hydrogens is 146 g/mol. The molecule has 0 spiro atoms. The molecule has 2 aliphatic heterocycles. The van der Waals surface area contributed by atoms with Gasteiger partial charge in [0.15, 0.2) is 0 Å². The Labute approximate surface area is 65.0 Å². The van der Waals surface area contributed by atoms with Gasteiger partial charge in [-0.3, -0.25) is 4.99 Å². The van der Waals surface area contributed by atoms with Crippen molar-refractivity contribution in [2.75, 3.05) is 13.2 Å². The predicted molar refractivity (Wildman–Crippen MR) is 43.7 cm³/mol. The molecular formula is C7H11NOS. The van der Waals surface area contributed by atoms with E-state index in [-0.39, 0.29) is 0 Å². The minimum absolute atomic E-state index is 0.568. The minimum Gasteiger partial charge on any atom is -0.380 e. The Hall–Kier alpha value is -0.0200. The summed E-state index contributed by atoms with van der Waals surface area (Å²) < 4.78 is 5.34. The average Bonchev–Trinajstić information content (AvgIpc) is 2.27. The van der Waals surface area contributed by atoms with Crippen LogP contribution in [0.2, 0.25) is 0 Å². The van der Waals surface area contributed by atoms with Crippen molar-refractivity contribution >= 4 is 16.8 Å². The van der Waals surface area contributed by atoms with Crippen molar-refractivity contribution in [3.05, 3.63) is 0 Å². The van der Waals surface area contributed by atoms with Gasteiger partial charge in [-0.2, -0.15) is 0 Å². The van der Waals surface area contributed by atoms with E-state index in [1.807, 2.05) is 11.8 Å². The number of hydrogen-bond acceptors (Lipinski definition) is 3. The third kappa shape index (κ3) is 1.08. The van der Waals surface area contributed by atoms with E-state index in [1.54, 1.807) is 0 Å². The standard InChI is InChI=1S/C7H11NOS/c1-5-8-6-2-3-9-4-7(6)10-5/h6-7H,2-4H2,1H3. The van der Waals surface area contributed by atoms with E-state index in [0.717, 1.165) is 19.6 Å². The summed E-state index contributed by atoms with van der Waals surface area (Å²) in [7, 11) is 0. The van der Waals surface area contributed by atoms with Crippen LogP contribution in [0.3, 0.4) is 0 Å². The van der Waals surface area contributed by atoms with Crippen LogP contribution in [0.25, 0.3) is 0 Å². The lowest BCUT2D eigenvalue weighted by Gasteiger charge is -2.22. The summed E-state index contributed by atoms with van der Waals surface area (Å²) in [6.45, 7) is 3.89. The molecule has 2 unspecified atom stereocenters. The lowest BCUT2D eigenvalue weighted by atomic mass is 10.1. The van der Waals surface area contributed by atoms with E-state index in [4.69, 9.17) is 4.74 Å². The summed E-state index contributed by atoms with van der Waals surface area (Å²) in [5.41, 5.74) is 0. The topological polar surface area (TPSA) is 21.6 Å². The molecule has 2 heterocycles. The maximum absolute atomic E-state index is 5.34. The van der Waals surface area contributed by atoms with Crippen molar-refractivity contribution in [2.24, 2.45) is 4.99 Å². The summed E-state index contributed by atoms with van der Waals surface area (Å²) in [6, 6.07) is 0.568. The van der Waals surface area contributed by atoms with Crippen molar-refractivity contribution < 1.29 is 4.74 Å². The molecule has 2 atom stereocenters. The van der Waals surface area contributed by atoms with Gasteiger partial charge in [-0.25, -0.2) is 0 Å². The first-order valence-electron chi connectivity index (χ1n) is 3.65. The zero-order chi connectivity index (χ0) is 6.97. The Morgan fingerprint density at radius 1 is 1.70 bits per heavy atom. The summed E-state index contributed by atoms with van der Waals surface area (Å²) in [6.07, 6.45) is 1.12. The van der Waals surface area contributed by atoms with Gasteiger partial charge < -0.3 is 4.74 Å². The van der Waals surface area contributed by atoms with Gasteiger partial charge in [-0.05, 0) is 13.3 Å². The molecule has 0 amide bonds. The fourth-order valence-corrected chi connectivity index (χ4v) is 2.60. The third-order valence-electron chi connectivity index (χ3n) is 1.94. The van der Waals surface area contributed by atoms with Crippen LogP contribution in [0, 0.1) is 0 Å². The molecule has 0 bridgehead atoms. The number of ether oxygens (including phenoxy) is 1. The van der Waals surface area contributed by atoms with E-state index in [0.29, 0.717) is 11.3 Å². The molecule has 2 aliphatic rings. The fraction of sp³-hybridized carbons (Fsp3) is 0.857. The molecule has 0 N–H and O–H groups in total. The van der Waals surface area contributed by atoms with Gasteiger partial charge in [0, 0.05) is 6.61 Å². The first-order chi connectivity index (χ1) is 4.86. The Morgan fingerprint density at radius 3 is 3.40 bits per heavy atom. The summed E-state index contributed by atoms with van der Waals surface area (Å²) in [4.78, 5) is 4.51. The molecule has 1 saturated heterocycles. The van der Waals surface area contributed by atoms with E-state index in [1.165, 1.54) is 5.04 Å². The number of hydrogen-bond donors (Lipinski definition) is 0. The van der Waals surface area contributed by atoms with Crippen molar-refractivity contribution in [1.82, 2.24) is 0 Å². The summed E-state index contributed by atoms with van der Waals surface area (Å²) in [5, 5.41) is 1.87. The van der Waals surface area contributed by atoms with Gasteiger partial charge in [0.1, 0.15) is 0 Å². The second-order valence-corrected chi connectivity index (χ2v) is 4.17. The number of thioether (sulfide) groups is 1. The SMILES string of the molecule is CC1=NC2CCOCC2S1. The molecule has 0 aliphatic carbocycles. The highest BCUT2D eigenvalue weighted by atomic mass is 32.2. The number of fused-ring (bicyclic) bond motifs is 1. The molecule has 0 radical (unpaired) electrons. The third-order valence-corrected chi connectivity index (χ3v) is 3.14. The van der Waals surface area contributed by atoms with Crippen LogP contribution in [0.4, 0.5) is 0 Å². The summed E-state index contributed by atoms with van der Waals surface area (Å²) >= 11 is 1.87.